The van der Waals surface area contributed by atoms with Gasteiger partial charge in [0.1, 0.15) is 0 Å². The number of aliphatic hydroxyl groups is 1. The Labute approximate surface area is 91.4 Å². The van der Waals surface area contributed by atoms with Crippen molar-refractivity contribution in [3.8, 4) is 0 Å². The molecule has 1 aliphatic rings. The van der Waals surface area contributed by atoms with Gasteiger partial charge in [0, 0.05) is 19.2 Å². The maximum absolute atomic E-state index is 11.4. The minimum atomic E-state index is -0.121. The van der Waals surface area contributed by atoms with Crippen molar-refractivity contribution in [3.05, 3.63) is 0 Å². The van der Waals surface area contributed by atoms with Crippen LogP contribution in [0.3, 0.4) is 0 Å². The number of rotatable bonds is 5. The van der Waals surface area contributed by atoms with Crippen molar-refractivity contribution in [3.63, 3.8) is 0 Å². The molecule has 4 heteroatoms. The third kappa shape index (κ3) is 4.08. The Kier molecular flexibility index (Phi) is 4.39. The fourth-order valence-corrected chi connectivity index (χ4v) is 1.79. The summed E-state index contributed by atoms with van der Waals surface area (Å²) in [4.78, 5) is 11.4. The van der Waals surface area contributed by atoms with Gasteiger partial charge < -0.3 is 15.7 Å². The quantitative estimate of drug-likeness (QED) is 0.645. The predicted octanol–water partition coefficient (Wildman–Crippen LogP) is 1.25. The highest BCUT2D eigenvalue weighted by Gasteiger charge is 2.31. The van der Waals surface area contributed by atoms with E-state index < -0.39 is 0 Å². The molecule has 1 aliphatic carbocycles. The van der Waals surface area contributed by atoms with E-state index in [1.165, 1.54) is 19.3 Å². The highest BCUT2D eigenvalue weighted by atomic mass is 16.3. The molecule has 0 aromatic carbocycles. The van der Waals surface area contributed by atoms with Crippen LogP contribution in [0.2, 0.25) is 0 Å². The van der Waals surface area contributed by atoms with Crippen LogP contribution in [-0.4, -0.2) is 30.3 Å². The van der Waals surface area contributed by atoms with Crippen molar-refractivity contribution in [1.82, 2.24) is 10.6 Å². The fourth-order valence-electron chi connectivity index (χ4n) is 1.79. The minimum Gasteiger partial charge on any atom is -0.396 e. The van der Waals surface area contributed by atoms with Crippen LogP contribution in [0.5, 0.6) is 0 Å². The zero-order chi connectivity index (χ0) is 11.3. The van der Waals surface area contributed by atoms with Gasteiger partial charge in [-0.1, -0.05) is 13.3 Å². The number of hydrogen-bond donors (Lipinski definition) is 3. The van der Waals surface area contributed by atoms with E-state index in [4.69, 9.17) is 5.11 Å². The van der Waals surface area contributed by atoms with Gasteiger partial charge in [-0.15, -0.1) is 0 Å². The number of nitrogens with one attached hydrogen (secondary N) is 2. The molecule has 88 valence electrons. The van der Waals surface area contributed by atoms with Gasteiger partial charge in [0.05, 0.1) is 0 Å². The van der Waals surface area contributed by atoms with E-state index in [0.717, 1.165) is 6.54 Å². The van der Waals surface area contributed by atoms with Crippen LogP contribution in [0.15, 0.2) is 0 Å². The Bertz CT molecular complexity index is 215. The lowest BCUT2D eigenvalue weighted by Crippen LogP contribution is -2.46. The summed E-state index contributed by atoms with van der Waals surface area (Å²) in [6.07, 6.45) is 4.30. The molecule has 1 atom stereocenters. The lowest BCUT2D eigenvalue weighted by molar-refractivity contribution is 0.156. The van der Waals surface area contributed by atoms with E-state index in [2.05, 4.69) is 17.6 Å². The summed E-state index contributed by atoms with van der Waals surface area (Å²) in [6.45, 7) is 4.96. The molecule has 0 bridgehead atoms. The van der Waals surface area contributed by atoms with E-state index >= 15 is 0 Å². The zero-order valence-corrected chi connectivity index (χ0v) is 9.68. The van der Waals surface area contributed by atoms with Gasteiger partial charge >= 0.3 is 6.03 Å². The molecule has 2 amide bonds. The van der Waals surface area contributed by atoms with Crippen molar-refractivity contribution < 1.29 is 9.90 Å². The molecule has 0 saturated heterocycles. The highest BCUT2D eigenvalue weighted by Crippen LogP contribution is 2.39. The first-order valence-electron chi connectivity index (χ1n) is 5.71. The molecule has 0 radical (unpaired) electrons. The van der Waals surface area contributed by atoms with Gasteiger partial charge in [-0.05, 0) is 31.6 Å². The molecule has 0 aromatic heterocycles. The van der Waals surface area contributed by atoms with Gasteiger partial charge in [-0.25, -0.2) is 4.79 Å². The molecule has 0 aromatic rings. The molecule has 3 N–H and O–H groups in total. The van der Waals surface area contributed by atoms with Gasteiger partial charge in [-0.2, -0.15) is 0 Å². The molecule has 1 rings (SSSR count). The maximum atomic E-state index is 11.4. The minimum absolute atomic E-state index is 0.0317. The first-order chi connectivity index (χ1) is 7.06. The standard InChI is InChI=1S/C11H22N2O2/c1-9(4-7-14)13-10(15)12-8-11(2)5-3-6-11/h9,14H,3-8H2,1-2H3,(H2,12,13,15)/t9-/m1/s1. The lowest BCUT2D eigenvalue weighted by atomic mass is 9.70. The molecule has 0 heterocycles. The van der Waals surface area contributed by atoms with E-state index in [0.29, 0.717) is 11.8 Å². The first-order valence-corrected chi connectivity index (χ1v) is 5.71. The van der Waals surface area contributed by atoms with Crippen molar-refractivity contribution >= 4 is 6.03 Å². The molecule has 4 nitrogen and oxygen atoms in total. The van der Waals surface area contributed by atoms with Gasteiger partial charge in [0.25, 0.3) is 0 Å². The van der Waals surface area contributed by atoms with E-state index in [-0.39, 0.29) is 18.7 Å². The normalized spacial score (nSPS) is 20.2. The molecule has 0 spiro atoms. The van der Waals surface area contributed by atoms with Gasteiger partial charge in [0.15, 0.2) is 0 Å². The highest BCUT2D eigenvalue weighted by molar-refractivity contribution is 5.74. The van der Waals surface area contributed by atoms with Crippen LogP contribution in [0.1, 0.15) is 39.5 Å². The molecule has 0 unspecified atom stereocenters. The Balaban J connectivity index is 2.13. The average molecular weight is 214 g/mol. The molecule has 0 aliphatic heterocycles. The zero-order valence-electron chi connectivity index (χ0n) is 9.68. The average Bonchev–Trinajstić information content (AvgIpc) is 2.12. The second-order valence-electron chi connectivity index (χ2n) is 4.90. The van der Waals surface area contributed by atoms with Crippen LogP contribution in [0, 0.1) is 5.41 Å². The Morgan fingerprint density at radius 1 is 1.53 bits per heavy atom. The second kappa shape index (κ2) is 5.35. The number of carbonyl (C=O) groups excluding carboxylic acids is 1. The molecular formula is C11H22N2O2. The van der Waals surface area contributed by atoms with Crippen LogP contribution in [0.4, 0.5) is 4.79 Å². The topological polar surface area (TPSA) is 61.4 Å². The molecule has 1 fully saturated rings. The van der Waals surface area contributed by atoms with Crippen LogP contribution in [-0.2, 0) is 0 Å². The van der Waals surface area contributed by atoms with Crippen LogP contribution in [0.25, 0.3) is 0 Å². The number of hydrogen-bond acceptors (Lipinski definition) is 2. The number of carbonyl (C=O) groups is 1. The second-order valence-corrected chi connectivity index (χ2v) is 4.90. The Morgan fingerprint density at radius 2 is 2.20 bits per heavy atom. The molecule has 1 saturated carbocycles. The largest absolute Gasteiger partial charge is 0.396 e. The first kappa shape index (κ1) is 12.3. The summed E-state index contributed by atoms with van der Waals surface area (Å²) in [5.41, 5.74) is 0.317. The Hall–Kier alpha value is -0.770. The summed E-state index contributed by atoms with van der Waals surface area (Å²) in [5, 5.41) is 14.4. The summed E-state index contributed by atoms with van der Waals surface area (Å²) in [5.74, 6) is 0. The summed E-state index contributed by atoms with van der Waals surface area (Å²) in [7, 11) is 0. The van der Waals surface area contributed by atoms with Crippen molar-refractivity contribution in [2.45, 2.75) is 45.6 Å². The van der Waals surface area contributed by atoms with Gasteiger partial charge in [-0.3, -0.25) is 0 Å². The van der Waals surface area contributed by atoms with Crippen molar-refractivity contribution in [1.29, 1.82) is 0 Å². The smallest absolute Gasteiger partial charge is 0.315 e. The SMILES string of the molecule is C[C@H](CCO)NC(=O)NCC1(C)CCC1. The summed E-state index contributed by atoms with van der Waals surface area (Å²) in [6, 6.07) is -0.0896. The summed E-state index contributed by atoms with van der Waals surface area (Å²) >= 11 is 0. The number of aliphatic hydroxyl groups excluding tert-OH is 1. The van der Waals surface area contributed by atoms with Crippen LogP contribution < -0.4 is 10.6 Å². The third-order valence-corrected chi connectivity index (χ3v) is 3.18. The Morgan fingerprint density at radius 3 is 2.67 bits per heavy atom. The lowest BCUT2D eigenvalue weighted by Gasteiger charge is -2.38. The third-order valence-electron chi connectivity index (χ3n) is 3.18. The number of urea groups is 1. The fraction of sp³-hybridized carbons (Fsp3) is 0.909. The van der Waals surface area contributed by atoms with Crippen molar-refractivity contribution in [2.75, 3.05) is 13.2 Å². The van der Waals surface area contributed by atoms with Crippen molar-refractivity contribution in [2.24, 2.45) is 5.41 Å². The van der Waals surface area contributed by atoms with E-state index in [9.17, 15) is 4.79 Å². The monoisotopic (exact) mass is 214 g/mol. The number of amides is 2. The molecular weight excluding hydrogens is 192 g/mol. The molecule has 15 heavy (non-hydrogen) atoms. The van der Waals surface area contributed by atoms with Gasteiger partial charge in [0.2, 0.25) is 0 Å². The van der Waals surface area contributed by atoms with E-state index in [1.807, 2.05) is 6.92 Å². The van der Waals surface area contributed by atoms with Crippen LogP contribution >= 0.6 is 0 Å². The summed E-state index contributed by atoms with van der Waals surface area (Å²) < 4.78 is 0. The predicted molar refractivity (Wildman–Crippen MR) is 59.7 cm³/mol. The van der Waals surface area contributed by atoms with E-state index in [1.54, 1.807) is 0 Å². The maximum Gasteiger partial charge on any atom is 0.315 e.